The van der Waals surface area contributed by atoms with Crippen LogP contribution in [0.5, 0.6) is 0 Å². The minimum absolute atomic E-state index is 0.0478. The van der Waals surface area contributed by atoms with E-state index in [-0.39, 0.29) is 5.78 Å². The predicted molar refractivity (Wildman–Crippen MR) is 113 cm³/mol. The lowest BCUT2D eigenvalue weighted by molar-refractivity contribution is -0.116. The number of hydrogen-bond acceptors (Lipinski definition) is 9. The Morgan fingerprint density at radius 2 is 2.21 bits per heavy atom. The van der Waals surface area contributed by atoms with E-state index in [0.29, 0.717) is 40.2 Å². The highest BCUT2D eigenvalue weighted by Crippen LogP contribution is 2.47. The second kappa shape index (κ2) is 7.97. The van der Waals surface area contributed by atoms with Crippen molar-refractivity contribution >= 4 is 34.0 Å². The fourth-order valence-corrected chi connectivity index (χ4v) is 5.83. The summed E-state index contributed by atoms with van der Waals surface area (Å²) in [6.45, 7) is 4.18. The van der Waals surface area contributed by atoms with Crippen LogP contribution in [0.25, 0.3) is 0 Å². The van der Waals surface area contributed by atoms with Gasteiger partial charge < -0.3 is 5.73 Å². The van der Waals surface area contributed by atoms with E-state index in [1.54, 1.807) is 35.1 Å². The number of allylic oxidation sites excluding steroid dienone is 3. The number of carbonyl (C=O) groups is 1. The zero-order valence-corrected chi connectivity index (χ0v) is 17.8. The topological polar surface area (TPSA) is 109 Å². The molecule has 29 heavy (non-hydrogen) atoms. The van der Waals surface area contributed by atoms with Crippen molar-refractivity contribution in [2.45, 2.75) is 48.6 Å². The van der Waals surface area contributed by atoms with Crippen molar-refractivity contribution in [3.8, 4) is 6.07 Å². The van der Waals surface area contributed by atoms with E-state index in [4.69, 9.17) is 5.73 Å². The summed E-state index contributed by atoms with van der Waals surface area (Å²) in [5.74, 6) is -0.135. The maximum absolute atomic E-state index is 13.0. The monoisotopic (exact) mass is 424 g/mol. The maximum atomic E-state index is 13.0. The molecule has 2 N–H and O–H groups in total. The Morgan fingerprint density at radius 3 is 2.90 bits per heavy atom. The number of anilines is 1. The quantitative estimate of drug-likeness (QED) is 0.739. The van der Waals surface area contributed by atoms with Gasteiger partial charge in [-0.1, -0.05) is 43.0 Å². The summed E-state index contributed by atoms with van der Waals surface area (Å²) >= 11 is 3.05. The molecule has 2 aliphatic rings. The number of hydrogen-bond donors (Lipinski definition) is 1. The molecule has 0 saturated carbocycles. The SMILES string of the molecule is CC(C)Sc1nnc(N2C(N)=C(C#N)C(c3cccnc3)C3=C2CCCC3=O)s1. The van der Waals surface area contributed by atoms with Crippen molar-refractivity contribution in [3.63, 3.8) is 0 Å². The second-order valence-electron chi connectivity index (χ2n) is 7.12. The average Bonchev–Trinajstić information content (AvgIpc) is 3.15. The third kappa shape index (κ3) is 3.54. The fourth-order valence-electron chi connectivity index (χ4n) is 3.73. The molecule has 0 radical (unpaired) electrons. The Kier molecular flexibility index (Phi) is 5.39. The van der Waals surface area contributed by atoms with Gasteiger partial charge in [-0.2, -0.15) is 5.26 Å². The normalized spacial score (nSPS) is 19.6. The number of ketones is 1. The molecule has 0 bridgehead atoms. The van der Waals surface area contributed by atoms with Gasteiger partial charge in [-0.05, 0) is 24.5 Å². The van der Waals surface area contributed by atoms with E-state index in [9.17, 15) is 10.1 Å². The molecule has 0 spiro atoms. The number of nitrogens with two attached hydrogens (primary N) is 1. The molecule has 1 atom stereocenters. The molecule has 2 aromatic rings. The molecule has 0 amide bonds. The standard InChI is InChI=1S/C20H20N6OS2/c1-11(2)28-20-25-24-19(29-20)26-14-6-3-7-15(27)17(14)16(13(9-21)18(26)22)12-5-4-8-23-10-12/h4-5,8,10-11,16H,3,6-7,22H2,1-2H3. The first-order chi connectivity index (χ1) is 14.0. The van der Waals surface area contributed by atoms with Crippen LogP contribution in [0.3, 0.4) is 0 Å². The van der Waals surface area contributed by atoms with E-state index >= 15 is 0 Å². The number of carbonyl (C=O) groups excluding carboxylic acids is 1. The van der Waals surface area contributed by atoms with Crippen LogP contribution in [0.4, 0.5) is 5.13 Å². The summed E-state index contributed by atoms with van der Waals surface area (Å²) < 4.78 is 0.833. The number of nitriles is 1. The molecule has 7 nitrogen and oxygen atoms in total. The summed E-state index contributed by atoms with van der Waals surface area (Å²) in [5, 5.41) is 19.5. The van der Waals surface area contributed by atoms with Crippen molar-refractivity contribution in [2.24, 2.45) is 5.73 Å². The van der Waals surface area contributed by atoms with E-state index in [2.05, 4.69) is 35.1 Å². The van der Waals surface area contributed by atoms with Crippen molar-refractivity contribution in [1.82, 2.24) is 15.2 Å². The van der Waals surface area contributed by atoms with Gasteiger partial charge >= 0.3 is 0 Å². The Morgan fingerprint density at radius 1 is 1.38 bits per heavy atom. The van der Waals surface area contributed by atoms with Gasteiger partial charge in [0.2, 0.25) is 5.13 Å². The lowest BCUT2D eigenvalue weighted by Gasteiger charge is -2.37. The minimum atomic E-state index is -0.495. The van der Waals surface area contributed by atoms with E-state index in [0.717, 1.165) is 22.0 Å². The van der Waals surface area contributed by atoms with Crippen LogP contribution in [-0.2, 0) is 4.79 Å². The molecule has 0 saturated heterocycles. The van der Waals surface area contributed by atoms with Gasteiger partial charge in [-0.3, -0.25) is 14.7 Å². The second-order valence-corrected chi connectivity index (χ2v) is 9.90. The number of aromatic nitrogens is 3. The van der Waals surface area contributed by atoms with Crippen LogP contribution in [0, 0.1) is 11.3 Å². The largest absolute Gasteiger partial charge is 0.384 e. The third-order valence-corrected chi connectivity index (χ3v) is 6.85. The Hall–Kier alpha value is -2.70. The van der Waals surface area contributed by atoms with Crippen molar-refractivity contribution in [3.05, 3.63) is 52.8 Å². The minimum Gasteiger partial charge on any atom is -0.384 e. The fraction of sp³-hybridized carbons (Fsp3) is 0.350. The lowest BCUT2D eigenvalue weighted by Crippen LogP contribution is -2.38. The molecule has 1 unspecified atom stereocenters. The molecular weight excluding hydrogens is 404 g/mol. The molecule has 3 heterocycles. The molecule has 2 aromatic heterocycles. The Bertz CT molecular complexity index is 1050. The van der Waals surface area contributed by atoms with Gasteiger partial charge in [0, 0.05) is 35.3 Å². The van der Waals surface area contributed by atoms with E-state index < -0.39 is 5.92 Å². The van der Waals surface area contributed by atoms with E-state index in [1.165, 1.54) is 11.3 Å². The van der Waals surface area contributed by atoms with Gasteiger partial charge in [0.05, 0.1) is 17.6 Å². The Balaban J connectivity index is 1.88. The van der Waals surface area contributed by atoms with E-state index in [1.807, 2.05) is 6.07 Å². The van der Waals surface area contributed by atoms with Crippen LogP contribution in [0.1, 0.15) is 44.6 Å². The van der Waals surface area contributed by atoms with Crippen LogP contribution in [0.15, 0.2) is 51.5 Å². The van der Waals surface area contributed by atoms with Crippen LogP contribution in [-0.4, -0.2) is 26.2 Å². The summed E-state index contributed by atoms with van der Waals surface area (Å²) in [6.07, 6.45) is 5.27. The summed E-state index contributed by atoms with van der Waals surface area (Å²) in [7, 11) is 0. The summed E-state index contributed by atoms with van der Waals surface area (Å²) in [4.78, 5) is 18.9. The van der Waals surface area contributed by atoms with Crippen molar-refractivity contribution < 1.29 is 4.79 Å². The first-order valence-corrected chi connectivity index (χ1v) is 11.1. The zero-order chi connectivity index (χ0) is 20.5. The smallest absolute Gasteiger partial charge is 0.219 e. The van der Waals surface area contributed by atoms with Crippen LogP contribution >= 0.6 is 23.1 Å². The predicted octanol–water partition coefficient (Wildman–Crippen LogP) is 3.74. The highest BCUT2D eigenvalue weighted by atomic mass is 32.2. The molecular formula is C20H20N6OS2. The number of rotatable bonds is 4. The van der Waals surface area contributed by atoms with Crippen molar-refractivity contribution in [1.29, 1.82) is 5.26 Å². The van der Waals surface area contributed by atoms with Crippen molar-refractivity contribution in [2.75, 3.05) is 4.90 Å². The highest BCUT2D eigenvalue weighted by Gasteiger charge is 2.41. The first kappa shape index (κ1) is 19.6. The van der Waals surface area contributed by atoms with Crippen LogP contribution < -0.4 is 10.6 Å². The van der Waals surface area contributed by atoms with Gasteiger partial charge in [-0.25, -0.2) is 0 Å². The first-order valence-electron chi connectivity index (χ1n) is 9.37. The van der Waals surface area contributed by atoms with Gasteiger partial charge in [0.25, 0.3) is 0 Å². The molecule has 0 fully saturated rings. The maximum Gasteiger partial charge on any atom is 0.219 e. The average molecular weight is 425 g/mol. The highest BCUT2D eigenvalue weighted by molar-refractivity contribution is 8.01. The number of pyridine rings is 1. The Labute approximate surface area is 177 Å². The third-order valence-electron chi connectivity index (χ3n) is 4.85. The summed E-state index contributed by atoms with van der Waals surface area (Å²) in [5.41, 5.74) is 9.10. The molecule has 4 rings (SSSR count). The molecule has 1 aliphatic carbocycles. The number of Topliss-reactive ketones (excluding diaryl/α,β-unsaturated/α-hetero) is 1. The van der Waals surface area contributed by atoms with Gasteiger partial charge in [0.15, 0.2) is 10.1 Å². The lowest BCUT2D eigenvalue weighted by atomic mass is 9.76. The van der Waals surface area contributed by atoms with Gasteiger partial charge in [0.1, 0.15) is 5.82 Å². The zero-order valence-electron chi connectivity index (χ0n) is 16.1. The molecule has 0 aromatic carbocycles. The number of thioether (sulfide) groups is 1. The van der Waals surface area contributed by atoms with Crippen LogP contribution in [0.2, 0.25) is 0 Å². The summed E-state index contributed by atoms with van der Waals surface area (Å²) in [6, 6.07) is 5.93. The number of nitrogens with zero attached hydrogens (tertiary/aromatic N) is 5. The molecule has 9 heteroatoms. The molecule has 148 valence electrons. The molecule has 1 aliphatic heterocycles. The van der Waals surface area contributed by atoms with Gasteiger partial charge in [-0.15, -0.1) is 10.2 Å².